The number of primary amides is 1. The van der Waals surface area contributed by atoms with Crippen LogP contribution in [-0.4, -0.2) is 15.9 Å². The first kappa shape index (κ1) is 9.33. The summed E-state index contributed by atoms with van der Waals surface area (Å²) >= 11 is 0. The van der Waals surface area contributed by atoms with Crippen molar-refractivity contribution in [1.29, 1.82) is 0 Å². The molecule has 1 heterocycles. The molecule has 2 aromatic rings. The van der Waals surface area contributed by atoms with Crippen molar-refractivity contribution in [2.75, 3.05) is 0 Å². The van der Waals surface area contributed by atoms with E-state index in [0.717, 1.165) is 5.56 Å². The van der Waals surface area contributed by atoms with Crippen molar-refractivity contribution in [3.05, 3.63) is 48.4 Å². The summed E-state index contributed by atoms with van der Waals surface area (Å²) in [7, 11) is 0. The molecule has 4 nitrogen and oxygen atoms in total. The van der Waals surface area contributed by atoms with Crippen LogP contribution >= 0.6 is 0 Å². The molecule has 0 spiro atoms. The number of benzene rings is 1. The van der Waals surface area contributed by atoms with Crippen LogP contribution in [0.3, 0.4) is 0 Å². The maximum Gasteiger partial charge on any atom is 0.267 e. The second-order valence-corrected chi connectivity index (χ2v) is 3.02. The van der Waals surface area contributed by atoms with Crippen LogP contribution in [0.4, 0.5) is 0 Å². The van der Waals surface area contributed by atoms with Gasteiger partial charge in [0.2, 0.25) is 0 Å². The van der Waals surface area contributed by atoms with E-state index in [2.05, 4.69) is 9.97 Å². The lowest BCUT2D eigenvalue weighted by atomic mass is 10.1. The molecular weight excluding hydrogens is 190 g/mol. The van der Waals surface area contributed by atoms with Crippen LogP contribution in [-0.2, 0) is 0 Å². The van der Waals surface area contributed by atoms with E-state index in [0.29, 0.717) is 5.69 Å². The lowest BCUT2D eigenvalue weighted by Gasteiger charge is -2.00. The number of nitrogens with two attached hydrogens (primary N) is 1. The molecule has 15 heavy (non-hydrogen) atoms. The molecule has 0 unspecified atom stereocenters. The molecule has 2 N–H and O–H groups in total. The number of nitrogens with zero attached hydrogens (tertiary/aromatic N) is 2. The summed E-state index contributed by atoms with van der Waals surface area (Å²) < 4.78 is 0. The van der Waals surface area contributed by atoms with Gasteiger partial charge in [0, 0.05) is 5.56 Å². The molecule has 0 aliphatic carbocycles. The normalized spacial score (nSPS) is 9.87. The number of rotatable bonds is 2. The van der Waals surface area contributed by atoms with Crippen LogP contribution in [0.25, 0.3) is 11.3 Å². The molecular formula is C11H9N3O. The van der Waals surface area contributed by atoms with Crippen LogP contribution in [0.1, 0.15) is 10.5 Å². The topological polar surface area (TPSA) is 68.9 Å². The molecule has 4 heteroatoms. The molecule has 0 saturated heterocycles. The van der Waals surface area contributed by atoms with Crippen LogP contribution in [0, 0.1) is 0 Å². The van der Waals surface area contributed by atoms with Crippen LogP contribution in [0.15, 0.2) is 42.7 Å². The SMILES string of the molecule is NC(=O)c1cc(-c2ccccc2)ncn1. The highest BCUT2D eigenvalue weighted by Crippen LogP contribution is 2.15. The summed E-state index contributed by atoms with van der Waals surface area (Å²) in [5.41, 5.74) is 6.98. The highest BCUT2D eigenvalue weighted by molar-refractivity contribution is 5.91. The summed E-state index contributed by atoms with van der Waals surface area (Å²) in [6.45, 7) is 0. The number of aromatic nitrogens is 2. The summed E-state index contributed by atoms with van der Waals surface area (Å²) in [6, 6.07) is 11.1. The van der Waals surface area contributed by atoms with Gasteiger partial charge in [-0.05, 0) is 6.07 Å². The molecule has 0 atom stereocenters. The summed E-state index contributed by atoms with van der Waals surface area (Å²) in [6.07, 6.45) is 1.34. The van der Waals surface area contributed by atoms with Crippen molar-refractivity contribution in [3.63, 3.8) is 0 Å². The lowest BCUT2D eigenvalue weighted by Crippen LogP contribution is -2.13. The van der Waals surface area contributed by atoms with E-state index in [1.54, 1.807) is 6.07 Å². The Morgan fingerprint density at radius 3 is 2.53 bits per heavy atom. The Hall–Kier alpha value is -2.23. The second kappa shape index (κ2) is 3.88. The van der Waals surface area contributed by atoms with Crippen LogP contribution < -0.4 is 5.73 Å². The fourth-order valence-electron chi connectivity index (χ4n) is 1.26. The minimum atomic E-state index is -0.547. The van der Waals surface area contributed by atoms with Crippen molar-refractivity contribution in [1.82, 2.24) is 9.97 Å². The second-order valence-electron chi connectivity index (χ2n) is 3.02. The lowest BCUT2D eigenvalue weighted by molar-refractivity contribution is 0.0995. The van der Waals surface area contributed by atoms with E-state index in [1.165, 1.54) is 6.33 Å². The zero-order chi connectivity index (χ0) is 10.7. The van der Waals surface area contributed by atoms with Gasteiger partial charge >= 0.3 is 0 Å². The highest BCUT2D eigenvalue weighted by atomic mass is 16.1. The minimum absolute atomic E-state index is 0.226. The molecule has 74 valence electrons. The summed E-state index contributed by atoms with van der Waals surface area (Å²) in [5.74, 6) is -0.547. The van der Waals surface area contributed by atoms with E-state index in [9.17, 15) is 4.79 Å². The number of hydrogen-bond acceptors (Lipinski definition) is 3. The Balaban J connectivity index is 2.46. The Morgan fingerprint density at radius 1 is 1.13 bits per heavy atom. The molecule has 0 radical (unpaired) electrons. The minimum Gasteiger partial charge on any atom is -0.364 e. The fourth-order valence-corrected chi connectivity index (χ4v) is 1.26. The third kappa shape index (κ3) is 1.99. The van der Waals surface area contributed by atoms with E-state index in [1.807, 2.05) is 30.3 Å². The zero-order valence-corrected chi connectivity index (χ0v) is 7.92. The average molecular weight is 199 g/mol. The van der Waals surface area contributed by atoms with Gasteiger partial charge in [0.15, 0.2) is 0 Å². The Kier molecular flexibility index (Phi) is 2.41. The number of carbonyl (C=O) groups excluding carboxylic acids is 1. The Labute approximate surface area is 86.8 Å². The third-order valence-electron chi connectivity index (χ3n) is 1.99. The quantitative estimate of drug-likeness (QED) is 0.791. The largest absolute Gasteiger partial charge is 0.364 e. The first-order chi connectivity index (χ1) is 7.27. The van der Waals surface area contributed by atoms with Crippen molar-refractivity contribution >= 4 is 5.91 Å². The van der Waals surface area contributed by atoms with Crippen molar-refractivity contribution in [2.24, 2.45) is 5.73 Å². The zero-order valence-electron chi connectivity index (χ0n) is 7.92. The smallest absolute Gasteiger partial charge is 0.267 e. The summed E-state index contributed by atoms with van der Waals surface area (Å²) in [5, 5.41) is 0. The van der Waals surface area contributed by atoms with Gasteiger partial charge in [0.1, 0.15) is 12.0 Å². The van der Waals surface area contributed by atoms with Gasteiger partial charge in [0.05, 0.1) is 5.69 Å². The van der Waals surface area contributed by atoms with Gasteiger partial charge < -0.3 is 5.73 Å². The maximum absolute atomic E-state index is 10.9. The highest BCUT2D eigenvalue weighted by Gasteiger charge is 2.04. The number of hydrogen-bond donors (Lipinski definition) is 1. The van der Waals surface area contributed by atoms with Crippen molar-refractivity contribution in [2.45, 2.75) is 0 Å². The maximum atomic E-state index is 10.9. The van der Waals surface area contributed by atoms with Crippen LogP contribution in [0.5, 0.6) is 0 Å². The molecule has 0 aliphatic heterocycles. The standard InChI is InChI=1S/C11H9N3O/c12-11(15)10-6-9(13-7-14-10)8-4-2-1-3-5-8/h1-7H,(H2,12,15). The van der Waals surface area contributed by atoms with E-state index >= 15 is 0 Å². The van der Waals surface area contributed by atoms with Gasteiger partial charge in [-0.25, -0.2) is 9.97 Å². The fraction of sp³-hybridized carbons (Fsp3) is 0. The molecule has 1 aromatic heterocycles. The van der Waals surface area contributed by atoms with E-state index in [-0.39, 0.29) is 5.69 Å². The summed E-state index contributed by atoms with van der Waals surface area (Å²) in [4.78, 5) is 18.8. The molecule has 1 amide bonds. The van der Waals surface area contributed by atoms with E-state index < -0.39 is 5.91 Å². The average Bonchev–Trinajstić information content (AvgIpc) is 2.30. The first-order valence-electron chi connectivity index (χ1n) is 4.44. The Bertz CT molecular complexity index is 482. The number of amides is 1. The predicted octanol–water partition coefficient (Wildman–Crippen LogP) is 1.24. The van der Waals surface area contributed by atoms with Crippen molar-refractivity contribution in [3.8, 4) is 11.3 Å². The molecule has 2 rings (SSSR count). The first-order valence-corrected chi connectivity index (χ1v) is 4.44. The molecule has 0 bridgehead atoms. The third-order valence-corrected chi connectivity index (χ3v) is 1.99. The van der Waals surface area contributed by atoms with Gasteiger partial charge in [-0.15, -0.1) is 0 Å². The van der Waals surface area contributed by atoms with Gasteiger partial charge in [-0.1, -0.05) is 30.3 Å². The van der Waals surface area contributed by atoms with Gasteiger partial charge in [0.25, 0.3) is 5.91 Å². The predicted molar refractivity (Wildman–Crippen MR) is 56.0 cm³/mol. The number of carbonyl (C=O) groups is 1. The monoisotopic (exact) mass is 199 g/mol. The van der Waals surface area contributed by atoms with Gasteiger partial charge in [-0.3, -0.25) is 4.79 Å². The van der Waals surface area contributed by atoms with E-state index in [4.69, 9.17) is 5.73 Å². The molecule has 1 aromatic carbocycles. The van der Waals surface area contributed by atoms with Gasteiger partial charge in [-0.2, -0.15) is 0 Å². The van der Waals surface area contributed by atoms with Crippen LogP contribution in [0.2, 0.25) is 0 Å². The molecule has 0 fully saturated rings. The Morgan fingerprint density at radius 2 is 1.87 bits per heavy atom. The molecule has 0 saturated carbocycles. The van der Waals surface area contributed by atoms with Crippen molar-refractivity contribution < 1.29 is 4.79 Å². The molecule has 0 aliphatic rings.